The van der Waals surface area contributed by atoms with Crippen LogP contribution in [0.25, 0.3) is 0 Å². The Kier molecular flexibility index (Phi) is 5.33. The first-order chi connectivity index (χ1) is 12.7. The topological polar surface area (TPSA) is 98.6 Å². The summed E-state index contributed by atoms with van der Waals surface area (Å²) in [5.41, 5.74) is 0.266. The summed E-state index contributed by atoms with van der Waals surface area (Å²) in [6, 6.07) is 5.96. The van der Waals surface area contributed by atoms with Crippen LogP contribution in [0.3, 0.4) is 0 Å². The van der Waals surface area contributed by atoms with Gasteiger partial charge in [-0.1, -0.05) is 0 Å². The van der Waals surface area contributed by atoms with Crippen LogP contribution in [0, 0.1) is 13.8 Å². The van der Waals surface area contributed by atoms with Gasteiger partial charge in [0.15, 0.2) is 0 Å². The molecule has 0 N–H and O–H groups in total. The van der Waals surface area contributed by atoms with Crippen LogP contribution in [0.15, 0.2) is 34.1 Å². The van der Waals surface area contributed by atoms with E-state index in [-0.39, 0.29) is 21.2 Å². The summed E-state index contributed by atoms with van der Waals surface area (Å²) in [6.07, 6.45) is 1.60. The molecular formula is C17H23N3O5S2. The minimum atomic E-state index is -4.02. The Hall–Kier alpha value is -1.91. The number of ether oxygens (including phenoxy) is 1. The van der Waals surface area contributed by atoms with Crippen LogP contribution < -0.4 is 4.74 Å². The molecule has 0 radical (unpaired) electrons. The van der Waals surface area contributed by atoms with Crippen LogP contribution in [-0.2, 0) is 20.0 Å². The zero-order chi connectivity index (χ0) is 19.8. The van der Waals surface area contributed by atoms with Crippen molar-refractivity contribution in [3.05, 3.63) is 35.7 Å². The second-order valence-electron chi connectivity index (χ2n) is 6.36. The molecule has 27 heavy (non-hydrogen) atoms. The smallest absolute Gasteiger partial charge is 0.283 e. The van der Waals surface area contributed by atoms with Gasteiger partial charge in [0, 0.05) is 13.1 Å². The fourth-order valence-electron chi connectivity index (χ4n) is 3.24. The molecule has 1 aliphatic rings. The van der Waals surface area contributed by atoms with Gasteiger partial charge in [0.2, 0.25) is 10.0 Å². The molecule has 148 valence electrons. The lowest BCUT2D eigenvalue weighted by molar-refractivity contribution is 0.340. The van der Waals surface area contributed by atoms with Crippen molar-refractivity contribution in [1.82, 2.24) is 13.5 Å². The maximum Gasteiger partial charge on any atom is 0.283 e. The molecule has 0 amide bonds. The summed E-state index contributed by atoms with van der Waals surface area (Å²) in [5, 5.41) is 4.05. The van der Waals surface area contributed by atoms with E-state index in [0.29, 0.717) is 25.4 Å². The molecule has 3 rings (SSSR count). The number of sulfonamides is 1. The Balaban J connectivity index is 2.05. The molecule has 1 aromatic carbocycles. The van der Waals surface area contributed by atoms with Crippen LogP contribution in [0.1, 0.15) is 31.2 Å². The van der Waals surface area contributed by atoms with Crippen molar-refractivity contribution < 1.29 is 21.6 Å². The lowest BCUT2D eigenvalue weighted by Crippen LogP contribution is -2.29. The highest BCUT2D eigenvalue weighted by Crippen LogP contribution is 2.28. The van der Waals surface area contributed by atoms with Gasteiger partial charge in [0.25, 0.3) is 10.0 Å². The molecular weight excluding hydrogens is 390 g/mol. The molecule has 0 unspecified atom stereocenters. The van der Waals surface area contributed by atoms with Gasteiger partial charge in [-0.05, 0) is 57.9 Å². The van der Waals surface area contributed by atoms with Crippen LogP contribution in [0.4, 0.5) is 0 Å². The first-order valence-electron chi connectivity index (χ1n) is 8.74. The van der Waals surface area contributed by atoms with Crippen molar-refractivity contribution in [1.29, 1.82) is 0 Å². The zero-order valence-electron chi connectivity index (χ0n) is 15.5. The minimum Gasteiger partial charge on any atom is -0.494 e. The van der Waals surface area contributed by atoms with Gasteiger partial charge in [0.1, 0.15) is 10.6 Å². The van der Waals surface area contributed by atoms with Crippen LogP contribution >= 0.6 is 0 Å². The average Bonchev–Trinajstić information content (AvgIpc) is 3.25. The minimum absolute atomic E-state index is 0.0154. The summed E-state index contributed by atoms with van der Waals surface area (Å²) in [7, 11) is -7.79. The summed E-state index contributed by atoms with van der Waals surface area (Å²) >= 11 is 0. The molecule has 2 aromatic rings. The van der Waals surface area contributed by atoms with E-state index in [1.54, 1.807) is 12.1 Å². The molecule has 2 heterocycles. The number of hydrogen-bond acceptors (Lipinski definition) is 6. The number of nitrogens with zero attached hydrogens (tertiary/aromatic N) is 3. The molecule has 1 saturated heterocycles. The van der Waals surface area contributed by atoms with Gasteiger partial charge < -0.3 is 4.74 Å². The predicted molar refractivity (Wildman–Crippen MR) is 99.9 cm³/mol. The van der Waals surface area contributed by atoms with Gasteiger partial charge in [-0.3, -0.25) is 0 Å². The zero-order valence-corrected chi connectivity index (χ0v) is 17.2. The lowest BCUT2D eigenvalue weighted by atomic mass is 10.3. The molecule has 0 atom stereocenters. The van der Waals surface area contributed by atoms with E-state index in [2.05, 4.69) is 5.10 Å². The summed E-state index contributed by atoms with van der Waals surface area (Å²) in [6.45, 7) is 6.18. The Labute approximate surface area is 159 Å². The molecule has 0 aliphatic carbocycles. The van der Waals surface area contributed by atoms with Crippen LogP contribution in [0.2, 0.25) is 0 Å². The number of aryl methyl sites for hydroxylation is 1. The van der Waals surface area contributed by atoms with E-state index < -0.39 is 20.0 Å². The average molecular weight is 414 g/mol. The third-order valence-corrected chi connectivity index (χ3v) is 8.34. The van der Waals surface area contributed by atoms with Gasteiger partial charge in [-0.15, -0.1) is 0 Å². The highest BCUT2D eigenvalue weighted by Gasteiger charge is 2.35. The number of benzene rings is 1. The monoisotopic (exact) mass is 413 g/mol. The van der Waals surface area contributed by atoms with Crippen molar-refractivity contribution in [2.75, 3.05) is 19.7 Å². The quantitative estimate of drug-likeness (QED) is 0.717. The lowest BCUT2D eigenvalue weighted by Gasteiger charge is -2.15. The number of rotatable bonds is 6. The largest absolute Gasteiger partial charge is 0.494 e. The third-order valence-electron chi connectivity index (χ3n) is 4.51. The predicted octanol–water partition coefficient (Wildman–Crippen LogP) is 1.92. The molecule has 1 aliphatic heterocycles. The van der Waals surface area contributed by atoms with Crippen molar-refractivity contribution in [3.63, 3.8) is 0 Å². The van der Waals surface area contributed by atoms with E-state index in [0.717, 1.165) is 16.9 Å². The summed E-state index contributed by atoms with van der Waals surface area (Å²) in [5.74, 6) is 0.558. The van der Waals surface area contributed by atoms with Crippen LogP contribution in [0.5, 0.6) is 5.75 Å². The maximum atomic E-state index is 13.0. The molecule has 0 saturated carbocycles. The van der Waals surface area contributed by atoms with Crippen molar-refractivity contribution >= 4 is 20.0 Å². The molecule has 0 spiro atoms. The standard InChI is InChI=1S/C17H23N3O5S2/c1-4-25-15-7-9-16(10-8-15)26(21,22)20-14(3)17(13(2)18-20)27(23,24)19-11-5-6-12-19/h7-10H,4-6,11-12H2,1-3H3. The van der Waals surface area contributed by atoms with E-state index >= 15 is 0 Å². The van der Waals surface area contributed by atoms with Crippen molar-refractivity contribution in [2.24, 2.45) is 0 Å². The Bertz CT molecular complexity index is 1030. The fraction of sp³-hybridized carbons (Fsp3) is 0.471. The molecule has 10 heteroatoms. The van der Waals surface area contributed by atoms with E-state index in [9.17, 15) is 16.8 Å². The third kappa shape index (κ3) is 3.48. The van der Waals surface area contributed by atoms with Gasteiger partial charge in [-0.25, -0.2) is 8.42 Å². The van der Waals surface area contributed by atoms with Crippen molar-refractivity contribution in [3.8, 4) is 5.75 Å². The Morgan fingerprint density at radius 2 is 1.59 bits per heavy atom. The molecule has 8 nitrogen and oxygen atoms in total. The summed E-state index contributed by atoms with van der Waals surface area (Å²) in [4.78, 5) is -0.0133. The Morgan fingerprint density at radius 1 is 1.00 bits per heavy atom. The van der Waals surface area contributed by atoms with Gasteiger partial charge in [0.05, 0.1) is 22.9 Å². The number of aromatic nitrogens is 2. The molecule has 1 aromatic heterocycles. The first kappa shape index (κ1) is 19.8. The molecule has 1 fully saturated rings. The second-order valence-corrected chi connectivity index (χ2v) is 10.0. The number of hydrogen-bond donors (Lipinski definition) is 0. The SMILES string of the molecule is CCOc1ccc(S(=O)(=O)n2nc(C)c(S(=O)(=O)N3CCCC3)c2C)cc1. The van der Waals surface area contributed by atoms with E-state index in [1.807, 2.05) is 6.92 Å². The fourth-order valence-corrected chi connectivity index (χ4v) is 6.53. The van der Waals surface area contributed by atoms with Gasteiger partial charge in [-0.2, -0.15) is 21.9 Å². The van der Waals surface area contributed by atoms with Crippen LogP contribution in [-0.4, -0.2) is 50.0 Å². The second kappa shape index (κ2) is 7.25. The van der Waals surface area contributed by atoms with Gasteiger partial charge >= 0.3 is 0 Å². The summed E-state index contributed by atoms with van der Waals surface area (Å²) < 4.78 is 59.4. The highest BCUT2D eigenvalue weighted by atomic mass is 32.2. The highest BCUT2D eigenvalue weighted by molar-refractivity contribution is 7.90. The van der Waals surface area contributed by atoms with E-state index in [1.165, 1.54) is 30.3 Å². The first-order valence-corrected chi connectivity index (χ1v) is 11.6. The normalized spacial score (nSPS) is 16.0. The van der Waals surface area contributed by atoms with Crippen molar-refractivity contribution in [2.45, 2.75) is 43.4 Å². The van der Waals surface area contributed by atoms with E-state index in [4.69, 9.17) is 4.74 Å². The molecule has 0 bridgehead atoms. The maximum absolute atomic E-state index is 13.0. The Morgan fingerprint density at radius 3 is 2.15 bits per heavy atom.